The van der Waals surface area contributed by atoms with Gasteiger partial charge in [-0.2, -0.15) is 0 Å². The van der Waals surface area contributed by atoms with Crippen molar-refractivity contribution in [2.24, 2.45) is 11.3 Å². The first-order valence-electron chi connectivity index (χ1n) is 11.1. The molecule has 7 heteroatoms. The Balaban J connectivity index is 1.28. The number of para-hydroxylation sites is 1. The average Bonchev–Trinajstić information content (AvgIpc) is 3.14. The lowest BCUT2D eigenvalue weighted by atomic mass is 9.64. The SMILES string of the molecule is Cc1nccn1CC(=O)N1CCC2(CC1)COC1c3cccc(Cl)c3OC(C)(C)C1C2. The Hall–Kier alpha value is -2.05. The molecule has 0 N–H and O–H groups in total. The van der Waals surface area contributed by atoms with Crippen molar-refractivity contribution >= 4 is 17.5 Å². The van der Waals surface area contributed by atoms with E-state index < -0.39 is 0 Å². The zero-order valence-electron chi connectivity index (χ0n) is 18.4. The van der Waals surface area contributed by atoms with E-state index in [0.29, 0.717) is 11.6 Å². The molecule has 0 radical (unpaired) electrons. The van der Waals surface area contributed by atoms with E-state index in [-0.39, 0.29) is 28.9 Å². The second-order valence-electron chi connectivity index (χ2n) is 9.89. The Morgan fingerprint density at radius 3 is 2.77 bits per heavy atom. The highest BCUT2D eigenvalue weighted by molar-refractivity contribution is 6.32. The molecule has 2 unspecified atom stereocenters. The Labute approximate surface area is 188 Å². The first-order chi connectivity index (χ1) is 14.8. The van der Waals surface area contributed by atoms with Gasteiger partial charge in [-0.25, -0.2) is 4.98 Å². The number of imidazole rings is 1. The molecule has 0 bridgehead atoms. The number of aromatic nitrogens is 2. The van der Waals surface area contributed by atoms with Crippen LogP contribution in [0.15, 0.2) is 30.6 Å². The number of hydrogen-bond donors (Lipinski definition) is 0. The fraction of sp³-hybridized carbons (Fsp3) is 0.583. The average molecular weight is 444 g/mol. The number of hydrogen-bond acceptors (Lipinski definition) is 4. The van der Waals surface area contributed by atoms with E-state index in [2.05, 4.69) is 24.9 Å². The van der Waals surface area contributed by atoms with Crippen LogP contribution < -0.4 is 4.74 Å². The highest BCUT2D eigenvalue weighted by Gasteiger charge is 2.53. The second-order valence-corrected chi connectivity index (χ2v) is 10.3. The Morgan fingerprint density at radius 2 is 2.06 bits per heavy atom. The van der Waals surface area contributed by atoms with Gasteiger partial charge in [0.1, 0.15) is 23.7 Å². The van der Waals surface area contributed by atoms with Crippen LogP contribution in [-0.4, -0.2) is 45.7 Å². The van der Waals surface area contributed by atoms with Gasteiger partial charge in [-0.05, 0) is 51.5 Å². The quantitative estimate of drug-likeness (QED) is 0.690. The van der Waals surface area contributed by atoms with Gasteiger partial charge in [-0.15, -0.1) is 0 Å². The molecular weight excluding hydrogens is 414 g/mol. The number of piperidine rings is 1. The van der Waals surface area contributed by atoms with Gasteiger partial charge in [-0.3, -0.25) is 4.79 Å². The van der Waals surface area contributed by atoms with Crippen LogP contribution in [0.3, 0.4) is 0 Å². The Bertz CT molecular complexity index is 994. The van der Waals surface area contributed by atoms with Gasteiger partial charge in [0.25, 0.3) is 0 Å². The van der Waals surface area contributed by atoms with Crippen molar-refractivity contribution in [2.45, 2.75) is 58.3 Å². The molecule has 2 saturated heterocycles. The molecule has 2 aromatic rings. The second kappa shape index (κ2) is 7.52. The zero-order chi connectivity index (χ0) is 21.8. The van der Waals surface area contributed by atoms with Gasteiger partial charge in [0.05, 0.1) is 17.7 Å². The summed E-state index contributed by atoms with van der Waals surface area (Å²) in [6, 6.07) is 5.92. The lowest BCUT2D eigenvalue weighted by Gasteiger charge is -2.54. The Kier molecular flexibility index (Phi) is 5.05. The summed E-state index contributed by atoms with van der Waals surface area (Å²) in [5.74, 6) is 2.05. The minimum atomic E-state index is -0.359. The van der Waals surface area contributed by atoms with E-state index in [1.165, 1.54) is 0 Å². The highest BCUT2D eigenvalue weighted by Crippen LogP contribution is 2.56. The summed E-state index contributed by atoms with van der Waals surface area (Å²) in [5, 5.41) is 0.646. The highest BCUT2D eigenvalue weighted by atomic mass is 35.5. The third kappa shape index (κ3) is 3.64. The van der Waals surface area contributed by atoms with Crippen molar-refractivity contribution in [1.82, 2.24) is 14.5 Å². The number of rotatable bonds is 2. The fourth-order valence-corrected chi connectivity index (χ4v) is 5.74. The number of fused-ring (bicyclic) bond motifs is 3. The Morgan fingerprint density at radius 1 is 1.29 bits per heavy atom. The summed E-state index contributed by atoms with van der Waals surface area (Å²) in [6.07, 6.45) is 6.57. The van der Waals surface area contributed by atoms with E-state index in [0.717, 1.165) is 56.1 Å². The maximum atomic E-state index is 12.8. The zero-order valence-corrected chi connectivity index (χ0v) is 19.2. The minimum absolute atomic E-state index is 0.00644. The standard InChI is InChI=1S/C24H30ClN3O3/c1-16-26-9-12-28(16)14-20(29)27-10-7-24(8-11-27)13-18-21(30-15-24)17-5-4-6-19(25)22(17)31-23(18,2)3/h4-6,9,12,18,21H,7-8,10-11,13-15H2,1-3H3. The van der Waals surface area contributed by atoms with E-state index in [9.17, 15) is 4.79 Å². The van der Waals surface area contributed by atoms with Gasteiger partial charge in [0, 0.05) is 37.0 Å². The molecule has 31 heavy (non-hydrogen) atoms. The van der Waals surface area contributed by atoms with Gasteiger partial charge < -0.3 is 18.9 Å². The van der Waals surface area contributed by atoms with Gasteiger partial charge in [0.2, 0.25) is 5.91 Å². The van der Waals surface area contributed by atoms with E-state index in [4.69, 9.17) is 21.1 Å². The number of carbonyl (C=O) groups is 1. The first kappa shape index (κ1) is 20.8. The normalized spacial score (nSPS) is 26.1. The lowest BCUT2D eigenvalue weighted by molar-refractivity contribution is -0.176. The predicted molar refractivity (Wildman–Crippen MR) is 118 cm³/mol. The smallest absolute Gasteiger partial charge is 0.242 e. The number of likely N-dealkylation sites (tertiary alicyclic amines) is 1. The molecule has 2 fully saturated rings. The number of carbonyl (C=O) groups excluding carboxylic acids is 1. The molecule has 1 spiro atoms. The van der Waals surface area contributed by atoms with E-state index in [1.54, 1.807) is 6.20 Å². The third-order valence-corrected chi connectivity index (χ3v) is 7.85. The van der Waals surface area contributed by atoms with Crippen LogP contribution in [0.4, 0.5) is 0 Å². The van der Waals surface area contributed by atoms with Crippen LogP contribution in [0.25, 0.3) is 0 Å². The van der Waals surface area contributed by atoms with Gasteiger partial charge in [0.15, 0.2) is 0 Å². The number of ether oxygens (including phenoxy) is 2. The number of amides is 1. The number of aryl methyl sites for hydroxylation is 1. The predicted octanol–water partition coefficient (Wildman–Crippen LogP) is 4.40. The van der Waals surface area contributed by atoms with Crippen LogP contribution >= 0.6 is 11.6 Å². The molecule has 166 valence electrons. The molecule has 1 aromatic heterocycles. The molecule has 6 nitrogen and oxygen atoms in total. The molecule has 1 amide bonds. The van der Waals surface area contributed by atoms with Crippen LogP contribution in [0, 0.1) is 18.3 Å². The summed E-state index contributed by atoms with van der Waals surface area (Å²) >= 11 is 6.43. The van der Waals surface area contributed by atoms with Gasteiger partial charge in [-0.1, -0.05) is 23.7 Å². The van der Waals surface area contributed by atoms with Crippen molar-refractivity contribution in [3.8, 4) is 5.75 Å². The van der Waals surface area contributed by atoms with E-state index in [1.807, 2.05) is 34.7 Å². The van der Waals surface area contributed by atoms with Crippen molar-refractivity contribution in [1.29, 1.82) is 0 Å². The lowest BCUT2D eigenvalue weighted by Crippen LogP contribution is -2.55. The van der Waals surface area contributed by atoms with Crippen LogP contribution in [0.5, 0.6) is 5.75 Å². The first-order valence-corrected chi connectivity index (χ1v) is 11.5. The molecule has 3 aliphatic heterocycles. The number of nitrogens with zero attached hydrogens (tertiary/aromatic N) is 3. The van der Waals surface area contributed by atoms with Crippen LogP contribution in [0.2, 0.25) is 5.02 Å². The molecular formula is C24H30ClN3O3. The van der Waals surface area contributed by atoms with Crippen molar-refractivity contribution < 1.29 is 14.3 Å². The molecule has 5 rings (SSSR count). The fourth-order valence-electron chi connectivity index (χ4n) is 5.52. The summed E-state index contributed by atoms with van der Waals surface area (Å²) < 4.78 is 14.8. The summed E-state index contributed by atoms with van der Waals surface area (Å²) in [5.41, 5.74) is 0.802. The minimum Gasteiger partial charge on any atom is -0.486 e. The van der Waals surface area contributed by atoms with Crippen molar-refractivity contribution in [3.63, 3.8) is 0 Å². The monoisotopic (exact) mass is 443 g/mol. The van der Waals surface area contributed by atoms with Crippen LogP contribution in [0.1, 0.15) is 50.6 Å². The van der Waals surface area contributed by atoms with Crippen LogP contribution in [-0.2, 0) is 16.1 Å². The molecule has 3 aliphatic rings. The molecule has 4 heterocycles. The summed E-state index contributed by atoms with van der Waals surface area (Å²) in [4.78, 5) is 19.0. The third-order valence-electron chi connectivity index (χ3n) is 7.56. The number of halogens is 1. The number of benzene rings is 1. The topological polar surface area (TPSA) is 56.6 Å². The maximum absolute atomic E-state index is 12.8. The largest absolute Gasteiger partial charge is 0.486 e. The molecule has 0 saturated carbocycles. The summed E-state index contributed by atoms with van der Waals surface area (Å²) in [7, 11) is 0. The molecule has 1 aromatic carbocycles. The van der Waals surface area contributed by atoms with E-state index >= 15 is 0 Å². The van der Waals surface area contributed by atoms with Crippen molar-refractivity contribution in [2.75, 3.05) is 19.7 Å². The van der Waals surface area contributed by atoms with Crippen molar-refractivity contribution in [3.05, 3.63) is 47.0 Å². The molecule has 0 aliphatic carbocycles. The van der Waals surface area contributed by atoms with Gasteiger partial charge >= 0.3 is 0 Å². The molecule has 2 atom stereocenters. The maximum Gasteiger partial charge on any atom is 0.242 e. The summed E-state index contributed by atoms with van der Waals surface area (Å²) in [6.45, 7) is 8.84.